The zero-order valence-corrected chi connectivity index (χ0v) is 13.9. The van der Waals surface area contributed by atoms with Crippen LogP contribution in [-0.2, 0) is 10.8 Å². The number of hydrogen-bond donors (Lipinski definition) is 1. The monoisotopic (exact) mass is 278 g/mol. The van der Waals surface area contributed by atoms with Crippen molar-refractivity contribution in [1.82, 2.24) is 4.98 Å². The summed E-state index contributed by atoms with van der Waals surface area (Å²) >= 11 is 0. The van der Waals surface area contributed by atoms with Crippen LogP contribution >= 0.6 is 0 Å². The Morgan fingerprint density at radius 1 is 0.810 bits per heavy atom. The summed E-state index contributed by atoms with van der Waals surface area (Å²) in [5.74, 6) is 0. The Bertz CT molecular complexity index is 739. The third-order valence-electron chi connectivity index (χ3n) is 4.19. The van der Waals surface area contributed by atoms with Crippen LogP contribution in [0.3, 0.4) is 0 Å². The molecule has 1 heteroatoms. The van der Waals surface area contributed by atoms with Crippen molar-refractivity contribution in [3.05, 3.63) is 47.5 Å². The Balaban J connectivity index is 2.24. The van der Waals surface area contributed by atoms with Gasteiger partial charge in [-0.05, 0) is 28.0 Å². The molecule has 0 amide bonds. The van der Waals surface area contributed by atoms with E-state index in [9.17, 15) is 0 Å². The number of rotatable bonds is 0. The maximum absolute atomic E-state index is 3.56. The van der Waals surface area contributed by atoms with E-state index in [0.29, 0.717) is 0 Å². The minimum absolute atomic E-state index is 0.127. The molecule has 1 heterocycles. The van der Waals surface area contributed by atoms with Gasteiger partial charge in [0.15, 0.2) is 0 Å². The first-order chi connectivity index (χ1) is 9.66. The molecule has 109 valence electrons. The highest BCUT2D eigenvalue weighted by Crippen LogP contribution is 2.32. The predicted octanol–water partition coefficient (Wildman–Crippen LogP) is 5.72. The number of aromatic nitrogens is 1. The largest absolute Gasteiger partial charge is 0.354 e. The van der Waals surface area contributed by atoms with Gasteiger partial charge in [-0.15, -0.1) is 0 Å². The summed E-state index contributed by atoms with van der Waals surface area (Å²) < 4.78 is 0. The third-order valence-corrected chi connectivity index (χ3v) is 4.19. The molecule has 0 atom stereocenters. The van der Waals surface area contributed by atoms with Crippen LogP contribution in [0.15, 0.2) is 30.3 Å². The van der Waals surface area contributed by atoms with E-state index in [1.807, 2.05) is 0 Å². The van der Waals surface area contributed by atoms with Gasteiger partial charge >= 0.3 is 0 Å². The molecule has 0 unspecified atom stereocenters. The molecule has 1 aromatic heterocycles. The summed E-state index contributed by atoms with van der Waals surface area (Å²) in [6.45, 7) is 13.4. The van der Waals surface area contributed by atoms with Crippen molar-refractivity contribution in [3.63, 3.8) is 0 Å². The van der Waals surface area contributed by atoms with Gasteiger partial charge in [0.05, 0.1) is 5.52 Å². The highest BCUT2D eigenvalue weighted by Gasteiger charge is 2.17. The lowest BCUT2D eigenvalue weighted by Gasteiger charge is -2.18. The van der Waals surface area contributed by atoms with E-state index in [1.54, 1.807) is 0 Å². The van der Waals surface area contributed by atoms with Gasteiger partial charge in [-0.2, -0.15) is 0 Å². The van der Waals surface area contributed by atoms with Gasteiger partial charge < -0.3 is 4.98 Å². The van der Waals surface area contributed by atoms with Crippen LogP contribution in [-0.4, -0.2) is 4.98 Å². The Labute approximate surface area is 127 Å². The summed E-state index contributed by atoms with van der Waals surface area (Å²) in [6.07, 6.45) is 0. The van der Waals surface area contributed by atoms with Crippen LogP contribution in [0.5, 0.6) is 0 Å². The van der Waals surface area contributed by atoms with E-state index in [-0.39, 0.29) is 10.8 Å². The van der Waals surface area contributed by atoms with Gasteiger partial charge in [0.2, 0.25) is 0 Å². The SMILES string of the molecule is CC(C)(C)c1[c]c2[nH]c3cc(C(C)(C)C)ccc3c2cc1. The lowest BCUT2D eigenvalue weighted by molar-refractivity contribution is 0.590. The van der Waals surface area contributed by atoms with Crippen molar-refractivity contribution in [2.75, 3.05) is 0 Å². The zero-order valence-electron chi connectivity index (χ0n) is 13.9. The van der Waals surface area contributed by atoms with Gasteiger partial charge in [0.25, 0.3) is 0 Å². The summed E-state index contributed by atoms with van der Waals surface area (Å²) in [6, 6.07) is 14.7. The zero-order chi connectivity index (χ0) is 15.4. The molecule has 1 nitrogen and oxygen atoms in total. The van der Waals surface area contributed by atoms with Gasteiger partial charge in [0.1, 0.15) is 0 Å². The van der Waals surface area contributed by atoms with Crippen molar-refractivity contribution in [2.24, 2.45) is 0 Å². The standard InChI is InChI=1S/C20H24N/c1-19(2,3)13-7-9-15-16-10-8-14(20(4,5)6)12-18(16)21-17(15)11-13/h7-11,21H,1-6H3. The second-order valence-electron chi connectivity index (χ2n) is 8.05. The topological polar surface area (TPSA) is 15.8 Å². The fourth-order valence-corrected chi connectivity index (χ4v) is 2.74. The summed E-state index contributed by atoms with van der Waals surface area (Å²) in [5, 5.41) is 2.55. The molecule has 0 aliphatic carbocycles. The number of H-pyrrole nitrogens is 1. The van der Waals surface area contributed by atoms with Crippen LogP contribution in [0, 0.1) is 6.07 Å². The molecule has 2 aromatic carbocycles. The molecule has 0 fully saturated rings. The first-order valence-corrected chi connectivity index (χ1v) is 7.65. The van der Waals surface area contributed by atoms with Crippen LogP contribution in [0.2, 0.25) is 0 Å². The van der Waals surface area contributed by atoms with E-state index >= 15 is 0 Å². The molecule has 0 bridgehead atoms. The van der Waals surface area contributed by atoms with Crippen molar-refractivity contribution >= 4 is 21.8 Å². The van der Waals surface area contributed by atoms with Crippen LogP contribution < -0.4 is 0 Å². The summed E-state index contributed by atoms with van der Waals surface area (Å²) in [5.41, 5.74) is 5.23. The fourth-order valence-electron chi connectivity index (χ4n) is 2.74. The van der Waals surface area contributed by atoms with Gasteiger partial charge in [0, 0.05) is 22.4 Å². The lowest BCUT2D eigenvalue weighted by atomic mass is 9.86. The summed E-state index contributed by atoms with van der Waals surface area (Å²) in [7, 11) is 0. The molecule has 21 heavy (non-hydrogen) atoms. The van der Waals surface area contributed by atoms with E-state index in [4.69, 9.17) is 0 Å². The maximum Gasteiger partial charge on any atom is 0.0548 e. The van der Waals surface area contributed by atoms with Crippen molar-refractivity contribution in [3.8, 4) is 0 Å². The predicted molar refractivity (Wildman–Crippen MR) is 92.0 cm³/mol. The van der Waals surface area contributed by atoms with Gasteiger partial charge in [-0.1, -0.05) is 65.8 Å². The van der Waals surface area contributed by atoms with Gasteiger partial charge in [-0.3, -0.25) is 0 Å². The number of hydrogen-bond acceptors (Lipinski definition) is 0. The number of benzene rings is 2. The van der Waals surface area contributed by atoms with E-state index in [0.717, 1.165) is 5.52 Å². The Morgan fingerprint density at radius 2 is 1.48 bits per heavy atom. The van der Waals surface area contributed by atoms with E-state index in [2.05, 4.69) is 82.9 Å². The number of nitrogens with one attached hydrogen (secondary N) is 1. The quantitative estimate of drug-likeness (QED) is 0.541. The Hall–Kier alpha value is -1.76. The van der Waals surface area contributed by atoms with Crippen molar-refractivity contribution in [2.45, 2.75) is 52.4 Å². The molecule has 0 saturated heterocycles. The molecule has 0 saturated carbocycles. The highest BCUT2D eigenvalue weighted by atomic mass is 14.7. The first-order valence-electron chi connectivity index (χ1n) is 7.65. The molecular formula is C20H24N. The van der Waals surface area contributed by atoms with Gasteiger partial charge in [-0.25, -0.2) is 0 Å². The summed E-state index contributed by atoms with van der Waals surface area (Å²) in [4.78, 5) is 3.55. The minimum Gasteiger partial charge on any atom is -0.354 e. The first kappa shape index (κ1) is 14.2. The molecule has 1 N–H and O–H groups in total. The number of aromatic amines is 1. The molecule has 3 rings (SSSR count). The normalized spacial score (nSPS) is 13.2. The number of fused-ring (bicyclic) bond motifs is 3. The molecule has 0 aliphatic rings. The average Bonchev–Trinajstić information content (AvgIpc) is 2.73. The lowest BCUT2D eigenvalue weighted by Crippen LogP contribution is -2.10. The Morgan fingerprint density at radius 3 is 2.10 bits per heavy atom. The van der Waals surface area contributed by atoms with E-state index < -0.39 is 0 Å². The van der Waals surface area contributed by atoms with Crippen LogP contribution in [0.1, 0.15) is 52.7 Å². The average molecular weight is 278 g/mol. The highest BCUT2D eigenvalue weighted by molar-refractivity contribution is 6.07. The second-order valence-corrected chi connectivity index (χ2v) is 8.05. The maximum atomic E-state index is 3.56. The second kappa shape index (κ2) is 4.37. The molecule has 3 aromatic rings. The van der Waals surface area contributed by atoms with Crippen LogP contribution in [0.4, 0.5) is 0 Å². The van der Waals surface area contributed by atoms with Crippen molar-refractivity contribution in [1.29, 1.82) is 0 Å². The smallest absolute Gasteiger partial charge is 0.0548 e. The molecule has 1 radical (unpaired) electrons. The Kier molecular flexibility index (Phi) is 2.95. The molecular weight excluding hydrogens is 254 g/mol. The minimum atomic E-state index is 0.127. The van der Waals surface area contributed by atoms with E-state index in [1.165, 1.54) is 27.4 Å². The molecule has 0 spiro atoms. The fraction of sp³-hybridized carbons (Fsp3) is 0.400. The van der Waals surface area contributed by atoms with Crippen molar-refractivity contribution < 1.29 is 0 Å². The molecule has 0 aliphatic heterocycles. The third kappa shape index (κ3) is 2.46. The van der Waals surface area contributed by atoms with Crippen LogP contribution in [0.25, 0.3) is 21.8 Å².